The zero-order valence-electron chi connectivity index (χ0n) is 11.3. The average Bonchev–Trinajstić information content (AvgIpc) is 2.47. The molecule has 100 valence electrons. The van der Waals surface area contributed by atoms with Gasteiger partial charge in [0.15, 0.2) is 0 Å². The minimum absolute atomic E-state index is 0. The van der Waals surface area contributed by atoms with Crippen molar-refractivity contribution in [3.05, 3.63) is 73.3 Å². The number of allylic oxidation sites excluding steroid dienone is 1. The summed E-state index contributed by atoms with van der Waals surface area (Å²) in [6.07, 6.45) is 4.35. The van der Waals surface area contributed by atoms with Crippen molar-refractivity contribution >= 4 is 17.9 Å². The van der Waals surface area contributed by atoms with Gasteiger partial charge in [0, 0.05) is 0 Å². The first-order chi connectivity index (χ1) is 8.83. The number of rotatable bonds is 5. The molecule has 0 nitrogen and oxygen atoms in total. The normalized spacial score (nSPS) is 10.6. The van der Waals surface area contributed by atoms with Crippen LogP contribution in [0.4, 0.5) is 0 Å². The third kappa shape index (κ3) is 3.35. The first-order valence-corrected chi connectivity index (χ1v) is 8.58. The molecule has 2 aromatic rings. The summed E-state index contributed by atoms with van der Waals surface area (Å²) in [6.45, 7) is 6.28. The van der Waals surface area contributed by atoms with Gasteiger partial charge in [-0.25, -0.2) is 0 Å². The fourth-order valence-corrected chi connectivity index (χ4v) is 6.14. The van der Waals surface area contributed by atoms with Crippen molar-refractivity contribution in [1.29, 1.82) is 0 Å². The predicted molar refractivity (Wildman–Crippen MR) is 84.7 cm³/mol. The quantitative estimate of drug-likeness (QED) is 0.562. The molecule has 0 saturated carbocycles. The summed E-state index contributed by atoms with van der Waals surface area (Å²) in [5, 5.41) is 2.97. The predicted octanol–water partition coefficient (Wildman–Crippen LogP) is 0.865. The van der Waals surface area contributed by atoms with Gasteiger partial charge in [0.2, 0.25) is 0 Å². The molecule has 2 aromatic carbocycles. The van der Waals surface area contributed by atoms with E-state index in [-0.39, 0.29) is 17.0 Å². The van der Waals surface area contributed by atoms with Gasteiger partial charge in [-0.1, -0.05) is 49.1 Å². The van der Waals surface area contributed by atoms with Gasteiger partial charge in [0.25, 0.3) is 0 Å². The molecule has 2 heteroatoms. The molecule has 0 N–H and O–H groups in total. The van der Waals surface area contributed by atoms with Crippen molar-refractivity contribution in [3.8, 4) is 0 Å². The molecule has 0 spiro atoms. The van der Waals surface area contributed by atoms with E-state index in [0.717, 1.165) is 6.16 Å². The molecule has 0 fully saturated rings. The van der Waals surface area contributed by atoms with Crippen molar-refractivity contribution < 1.29 is 17.0 Å². The van der Waals surface area contributed by atoms with Crippen molar-refractivity contribution in [1.82, 2.24) is 0 Å². The molecule has 0 heterocycles. The van der Waals surface area contributed by atoms with E-state index in [1.165, 1.54) is 16.8 Å². The molecule has 0 radical (unpaired) electrons. The zero-order chi connectivity index (χ0) is 12.8. The molecule has 0 saturated heterocycles. The van der Waals surface area contributed by atoms with Crippen LogP contribution in [-0.2, 0) is 0 Å². The summed E-state index contributed by atoms with van der Waals surface area (Å²) in [4.78, 5) is 0. The monoisotopic (exact) mass is 334 g/mol. The molecule has 0 unspecified atom stereocenters. The van der Waals surface area contributed by atoms with E-state index in [0.29, 0.717) is 0 Å². The Labute approximate surface area is 127 Å². The molecule has 0 aliphatic heterocycles. The highest BCUT2D eigenvalue weighted by Gasteiger charge is 2.39. The maximum Gasteiger partial charge on any atom is 0.0995 e. The fraction of sp³-hybridized carbons (Fsp3) is 0.176. The minimum atomic E-state index is -1.30. The second-order valence-electron chi connectivity index (χ2n) is 4.43. The van der Waals surface area contributed by atoms with Gasteiger partial charge in [-0.05, 0) is 31.2 Å². The Morgan fingerprint density at radius 2 is 1.32 bits per heavy atom. The van der Waals surface area contributed by atoms with Gasteiger partial charge >= 0.3 is 0 Å². The summed E-state index contributed by atoms with van der Waals surface area (Å²) in [5.74, 6) is 0. The molecular formula is C17H20BrP. The largest absolute Gasteiger partial charge is 1.00 e. The van der Waals surface area contributed by atoms with Crippen LogP contribution in [0.5, 0.6) is 0 Å². The van der Waals surface area contributed by atoms with Crippen LogP contribution in [0.3, 0.4) is 0 Å². The SMILES string of the molecule is C=CC[P+](CC)(c1ccccc1)c1ccccc1.[Br-]. The maximum absolute atomic E-state index is 3.97. The smallest absolute Gasteiger partial charge is 0.0995 e. The van der Waals surface area contributed by atoms with E-state index >= 15 is 0 Å². The Kier molecular flexibility index (Phi) is 6.48. The van der Waals surface area contributed by atoms with E-state index in [2.05, 4.69) is 80.2 Å². The molecule has 0 aliphatic rings. The van der Waals surface area contributed by atoms with Gasteiger partial charge in [-0.3, -0.25) is 0 Å². The van der Waals surface area contributed by atoms with E-state index in [9.17, 15) is 0 Å². The summed E-state index contributed by atoms with van der Waals surface area (Å²) in [5.41, 5.74) is 0. The summed E-state index contributed by atoms with van der Waals surface area (Å²) < 4.78 is 0. The van der Waals surface area contributed by atoms with Gasteiger partial charge in [0.05, 0.1) is 30.2 Å². The number of hydrogen-bond donors (Lipinski definition) is 0. The molecule has 0 bridgehead atoms. The Morgan fingerprint density at radius 3 is 1.63 bits per heavy atom. The topological polar surface area (TPSA) is 0 Å². The first kappa shape index (κ1) is 16.1. The van der Waals surface area contributed by atoms with Crippen LogP contribution in [0.1, 0.15) is 6.92 Å². The number of hydrogen-bond acceptors (Lipinski definition) is 0. The van der Waals surface area contributed by atoms with Crippen LogP contribution in [0.2, 0.25) is 0 Å². The lowest BCUT2D eigenvalue weighted by Gasteiger charge is -2.25. The Hall–Kier alpha value is -0.910. The Morgan fingerprint density at radius 1 is 0.895 bits per heavy atom. The maximum atomic E-state index is 3.97. The Bertz CT molecular complexity index is 454. The highest BCUT2D eigenvalue weighted by molar-refractivity contribution is 7.89. The van der Waals surface area contributed by atoms with Gasteiger partial charge < -0.3 is 17.0 Å². The van der Waals surface area contributed by atoms with Gasteiger partial charge in [-0.2, -0.15) is 0 Å². The molecule has 0 amide bonds. The number of halogens is 1. The fourth-order valence-electron chi connectivity index (χ4n) is 2.50. The first-order valence-electron chi connectivity index (χ1n) is 6.42. The lowest BCUT2D eigenvalue weighted by Crippen LogP contribution is -3.00. The highest BCUT2D eigenvalue weighted by Crippen LogP contribution is 2.55. The number of benzene rings is 2. The summed E-state index contributed by atoms with van der Waals surface area (Å²) in [7, 11) is -1.30. The summed E-state index contributed by atoms with van der Waals surface area (Å²) in [6, 6.07) is 21.8. The lowest BCUT2D eigenvalue weighted by atomic mass is 10.4. The van der Waals surface area contributed by atoms with Crippen molar-refractivity contribution in [2.45, 2.75) is 6.92 Å². The Balaban J connectivity index is 0.00000180. The van der Waals surface area contributed by atoms with Gasteiger partial charge in [-0.15, -0.1) is 0 Å². The average molecular weight is 335 g/mol. The van der Waals surface area contributed by atoms with Crippen molar-refractivity contribution in [3.63, 3.8) is 0 Å². The standard InChI is InChI=1S/C17H20P.BrH/c1-3-15-18(4-2,16-11-7-5-8-12-16)17-13-9-6-10-14-17;/h3,5-14H,1,4,15H2,2H3;1H/q+1;/p-1. The third-order valence-electron chi connectivity index (χ3n) is 3.48. The second-order valence-corrected chi connectivity index (χ2v) is 8.39. The van der Waals surface area contributed by atoms with E-state index in [1.807, 2.05) is 0 Å². The van der Waals surface area contributed by atoms with Crippen molar-refractivity contribution in [2.24, 2.45) is 0 Å². The van der Waals surface area contributed by atoms with Crippen LogP contribution in [-0.4, -0.2) is 12.3 Å². The lowest BCUT2D eigenvalue weighted by molar-refractivity contribution is -0.00000362. The van der Waals surface area contributed by atoms with E-state index in [1.54, 1.807) is 0 Å². The van der Waals surface area contributed by atoms with Crippen LogP contribution < -0.4 is 27.6 Å². The molecule has 2 rings (SSSR count). The van der Waals surface area contributed by atoms with Crippen molar-refractivity contribution in [2.75, 3.05) is 12.3 Å². The van der Waals surface area contributed by atoms with Crippen LogP contribution in [0.15, 0.2) is 73.3 Å². The third-order valence-corrected chi connectivity index (χ3v) is 8.02. The highest BCUT2D eigenvalue weighted by atomic mass is 79.9. The van der Waals surface area contributed by atoms with E-state index in [4.69, 9.17) is 0 Å². The molecule has 19 heavy (non-hydrogen) atoms. The van der Waals surface area contributed by atoms with Crippen LogP contribution >= 0.6 is 7.26 Å². The van der Waals surface area contributed by atoms with Crippen LogP contribution in [0.25, 0.3) is 0 Å². The molecule has 0 atom stereocenters. The molecule has 0 aliphatic carbocycles. The summed E-state index contributed by atoms with van der Waals surface area (Å²) >= 11 is 0. The molecule has 0 aromatic heterocycles. The molecular weight excluding hydrogens is 315 g/mol. The van der Waals surface area contributed by atoms with E-state index < -0.39 is 7.26 Å². The van der Waals surface area contributed by atoms with Crippen LogP contribution in [0, 0.1) is 0 Å². The van der Waals surface area contributed by atoms with Gasteiger partial charge in [0.1, 0.15) is 0 Å². The zero-order valence-corrected chi connectivity index (χ0v) is 13.8. The second kappa shape index (κ2) is 7.62. The minimum Gasteiger partial charge on any atom is -1.00 e.